The fraction of sp³-hybridized carbons (Fsp3) is 0. The van der Waals surface area contributed by atoms with E-state index in [9.17, 15) is 0 Å². The van der Waals surface area contributed by atoms with Crippen LogP contribution in [0.15, 0.2) is 0 Å². The molecule has 50 valence electrons. The molecule has 0 aliphatic carbocycles. The van der Waals surface area contributed by atoms with Gasteiger partial charge in [-0.15, -0.1) is 0 Å². The maximum atomic E-state index is 8.74. The summed E-state index contributed by atoms with van der Waals surface area (Å²) in [6.45, 7) is 0. The zero-order chi connectivity index (χ0) is 7.15. The van der Waals surface area contributed by atoms with Crippen molar-refractivity contribution in [3.63, 3.8) is 0 Å². The Morgan fingerprint density at radius 2 is 1.22 bits per heavy atom. The van der Waals surface area contributed by atoms with Crippen LogP contribution in [0, 0.1) is 0 Å². The first-order chi connectivity index (χ1) is 3.46. The van der Waals surface area contributed by atoms with Gasteiger partial charge in [0.05, 0.1) is 0 Å². The Morgan fingerprint density at radius 1 is 1.22 bits per heavy atom. The first-order valence-electron chi connectivity index (χ1n) is 1.43. The smallest absolute Gasteiger partial charge is 1.00 e. The third kappa shape index (κ3) is 12200. The Kier molecular flexibility index (Phi) is 19.7. The SMILES string of the molecule is O=[Si](O)O.OB(O)O.[H-].[Li+]. The number of rotatable bonds is 0. The van der Waals surface area contributed by atoms with Crippen LogP contribution in [0.25, 0.3) is 0 Å². The molecule has 0 aromatic carbocycles. The van der Waals surface area contributed by atoms with Crippen molar-refractivity contribution in [2.24, 2.45) is 0 Å². The summed E-state index contributed by atoms with van der Waals surface area (Å²) in [7, 11) is -5.30. The van der Waals surface area contributed by atoms with Crippen LogP contribution in [0.1, 0.15) is 1.43 Å². The molecule has 0 heterocycles. The molecule has 0 unspecified atom stereocenters. The second kappa shape index (κ2) is 11.0. The second-order valence-corrected chi connectivity index (χ2v) is 1.19. The molecule has 0 atom stereocenters. The molecular formula is H6BLiO6Si. The van der Waals surface area contributed by atoms with E-state index >= 15 is 0 Å². The predicted octanol–water partition coefficient (Wildman–Crippen LogP) is -6.55. The van der Waals surface area contributed by atoms with E-state index in [4.69, 9.17) is 29.1 Å². The fourth-order valence-corrected chi connectivity index (χ4v) is 0. The maximum absolute atomic E-state index is 8.74. The molecule has 9 heteroatoms. The van der Waals surface area contributed by atoms with Crippen LogP contribution in [-0.2, 0) is 4.46 Å². The topological polar surface area (TPSA) is 118 Å². The average Bonchev–Trinajstić information content (AvgIpc) is 1.25. The molecule has 0 amide bonds. The van der Waals surface area contributed by atoms with E-state index in [2.05, 4.69) is 0 Å². The van der Waals surface area contributed by atoms with Gasteiger partial charge in [-0.05, 0) is 0 Å². The van der Waals surface area contributed by atoms with Crippen LogP contribution in [0.4, 0.5) is 0 Å². The molecule has 0 radical (unpaired) electrons. The van der Waals surface area contributed by atoms with Crippen molar-refractivity contribution >= 4 is 16.5 Å². The molecule has 0 rings (SSSR count). The molecular weight excluding hydrogens is 142 g/mol. The van der Waals surface area contributed by atoms with E-state index in [0.29, 0.717) is 0 Å². The van der Waals surface area contributed by atoms with Crippen molar-refractivity contribution < 1.29 is 49.4 Å². The van der Waals surface area contributed by atoms with Gasteiger partial charge >= 0.3 is 35.4 Å². The van der Waals surface area contributed by atoms with Gasteiger partial charge in [0.1, 0.15) is 0 Å². The van der Waals surface area contributed by atoms with Gasteiger partial charge in [0.15, 0.2) is 0 Å². The molecule has 0 aliphatic rings. The molecule has 0 saturated carbocycles. The molecule has 0 bridgehead atoms. The van der Waals surface area contributed by atoms with Crippen molar-refractivity contribution in [2.45, 2.75) is 0 Å². The van der Waals surface area contributed by atoms with Crippen LogP contribution in [0.2, 0.25) is 0 Å². The minimum absolute atomic E-state index is 0. The molecule has 0 saturated heterocycles. The van der Waals surface area contributed by atoms with E-state index in [1.54, 1.807) is 0 Å². The van der Waals surface area contributed by atoms with Crippen molar-refractivity contribution in [1.29, 1.82) is 0 Å². The molecule has 0 aliphatic heterocycles. The van der Waals surface area contributed by atoms with Crippen LogP contribution >= 0.6 is 0 Å². The van der Waals surface area contributed by atoms with Gasteiger partial charge in [-0.3, -0.25) is 4.46 Å². The minimum atomic E-state index is -3.13. The van der Waals surface area contributed by atoms with E-state index in [0.717, 1.165) is 0 Å². The largest absolute Gasteiger partial charge is 1.00 e. The van der Waals surface area contributed by atoms with Crippen LogP contribution in [0.5, 0.6) is 0 Å². The summed E-state index contributed by atoms with van der Waals surface area (Å²) in [6, 6.07) is 0. The van der Waals surface area contributed by atoms with Crippen LogP contribution in [-0.4, -0.2) is 41.2 Å². The summed E-state index contributed by atoms with van der Waals surface area (Å²) in [5, 5.41) is 21.5. The second-order valence-electron chi connectivity index (χ2n) is 0.629. The zero-order valence-corrected chi connectivity index (χ0v) is 5.72. The number of hydrogen-bond acceptors (Lipinski definition) is 4. The normalized spacial score (nSPS) is 5.67. The van der Waals surface area contributed by atoms with Gasteiger partial charge in [0.2, 0.25) is 0 Å². The summed E-state index contributed by atoms with van der Waals surface area (Å²) in [4.78, 5) is 14.3. The third-order valence-electron chi connectivity index (χ3n) is 0. The summed E-state index contributed by atoms with van der Waals surface area (Å²) < 4.78 is 8.74. The summed E-state index contributed by atoms with van der Waals surface area (Å²) in [6.07, 6.45) is 0. The van der Waals surface area contributed by atoms with Gasteiger partial charge in [-0.25, -0.2) is 0 Å². The van der Waals surface area contributed by atoms with Gasteiger partial charge in [-0.1, -0.05) is 0 Å². The van der Waals surface area contributed by atoms with E-state index in [1.165, 1.54) is 0 Å². The molecule has 0 spiro atoms. The standard InChI is InChI=1S/BH3O3.Li.H2O3Si.H/c2-1(3)4;;1-4(2)3;/h2-4H;;1-2H;/q;+1;;-1. The van der Waals surface area contributed by atoms with E-state index in [1.807, 2.05) is 0 Å². The first kappa shape index (κ1) is 16.1. The Balaban J connectivity index is -0.0000000300. The molecule has 9 heavy (non-hydrogen) atoms. The first-order valence-corrected chi connectivity index (χ1v) is 2.73. The monoisotopic (exact) mass is 148 g/mol. The Morgan fingerprint density at radius 3 is 1.22 bits per heavy atom. The van der Waals surface area contributed by atoms with Gasteiger partial charge < -0.3 is 26.1 Å². The molecule has 5 N–H and O–H groups in total. The van der Waals surface area contributed by atoms with Crippen LogP contribution < -0.4 is 18.9 Å². The van der Waals surface area contributed by atoms with Crippen molar-refractivity contribution in [2.75, 3.05) is 0 Å². The van der Waals surface area contributed by atoms with Crippen molar-refractivity contribution in [3.05, 3.63) is 0 Å². The third-order valence-corrected chi connectivity index (χ3v) is 0. The Labute approximate surface area is 66.5 Å². The van der Waals surface area contributed by atoms with E-state index < -0.39 is 16.5 Å². The quantitative estimate of drug-likeness (QED) is 0.218. The van der Waals surface area contributed by atoms with Crippen molar-refractivity contribution in [1.82, 2.24) is 0 Å². The van der Waals surface area contributed by atoms with E-state index in [-0.39, 0.29) is 20.3 Å². The van der Waals surface area contributed by atoms with Crippen molar-refractivity contribution in [3.8, 4) is 0 Å². The molecule has 0 aromatic heterocycles. The molecule has 0 aromatic rings. The van der Waals surface area contributed by atoms with Crippen LogP contribution in [0.3, 0.4) is 0 Å². The summed E-state index contributed by atoms with van der Waals surface area (Å²) in [5.74, 6) is 0. The number of hydrogen-bond donors (Lipinski definition) is 5. The summed E-state index contributed by atoms with van der Waals surface area (Å²) >= 11 is 0. The predicted molar refractivity (Wildman–Crippen MR) is 24.4 cm³/mol. The Hall–Kier alpha value is 0.159. The zero-order valence-electron chi connectivity index (χ0n) is 5.72. The summed E-state index contributed by atoms with van der Waals surface area (Å²) in [5.41, 5.74) is 0. The Bertz CT molecular complexity index is 62.0. The molecule has 0 fully saturated rings. The maximum Gasteiger partial charge on any atom is 1.00 e. The average molecular weight is 148 g/mol. The minimum Gasteiger partial charge on any atom is -1.00 e. The van der Waals surface area contributed by atoms with Gasteiger partial charge in [-0.2, -0.15) is 0 Å². The molecule has 6 nitrogen and oxygen atoms in total. The van der Waals surface area contributed by atoms with Gasteiger partial charge in [0, 0.05) is 0 Å². The fourth-order valence-electron chi connectivity index (χ4n) is 0. The van der Waals surface area contributed by atoms with Gasteiger partial charge in [0.25, 0.3) is 0 Å².